The van der Waals surface area contributed by atoms with Crippen molar-refractivity contribution in [1.29, 1.82) is 0 Å². The van der Waals surface area contributed by atoms with Gasteiger partial charge in [-0.1, -0.05) is 41.9 Å². The van der Waals surface area contributed by atoms with E-state index in [1.54, 1.807) is 12.3 Å². The summed E-state index contributed by atoms with van der Waals surface area (Å²) in [6, 6.07) is 10.9. The molecule has 2 rings (SSSR count). The highest BCUT2D eigenvalue weighted by atomic mass is 35.5. The lowest BCUT2D eigenvalue weighted by atomic mass is 10.0. The normalized spacial score (nSPS) is 11.9. The number of aromatic nitrogens is 1. The van der Waals surface area contributed by atoms with Crippen LogP contribution in [0.4, 0.5) is 5.69 Å². The van der Waals surface area contributed by atoms with Crippen molar-refractivity contribution in [1.82, 2.24) is 4.98 Å². The Kier molecular flexibility index (Phi) is 4.71. The van der Waals surface area contributed by atoms with Gasteiger partial charge in [0.05, 0.1) is 5.69 Å². The fourth-order valence-corrected chi connectivity index (χ4v) is 2.01. The number of benzene rings is 1. The van der Waals surface area contributed by atoms with Crippen LogP contribution in [0.1, 0.15) is 23.6 Å². The van der Waals surface area contributed by atoms with E-state index in [0.29, 0.717) is 5.69 Å². The zero-order valence-corrected chi connectivity index (χ0v) is 11.9. The Morgan fingerprint density at radius 1 is 1.40 bits per heavy atom. The van der Waals surface area contributed by atoms with Crippen molar-refractivity contribution in [3.05, 3.63) is 58.9 Å². The number of pyridine rings is 1. The Balaban J connectivity index is 2.01. The van der Waals surface area contributed by atoms with Crippen LogP contribution in [0.2, 0.25) is 5.15 Å². The first kappa shape index (κ1) is 14.5. The third-order valence-corrected chi connectivity index (χ3v) is 3.18. The van der Waals surface area contributed by atoms with E-state index < -0.39 is 0 Å². The summed E-state index contributed by atoms with van der Waals surface area (Å²) in [5.41, 5.74) is 8.37. The maximum Gasteiger partial charge on any atom is 0.226 e. The number of amides is 1. The second kappa shape index (κ2) is 6.50. The summed E-state index contributed by atoms with van der Waals surface area (Å²) in [7, 11) is 0. The molecule has 20 heavy (non-hydrogen) atoms. The Morgan fingerprint density at radius 3 is 2.80 bits per heavy atom. The van der Waals surface area contributed by atoms with Gasteiger partial charge in [-0.3, -0.25) is 4.79 Å². The molecule has 0 fully saturated rings. The Morgan fingerprint density at radius 2 is 2.10 bits per heavy atom. The summed E-state index contributed by atoms with van der Waals surface area (Å²) in [5.74, 6) is -0.185. The minimum Gasteiger partial charge on any atom is -0.324 e. The van der Waals surface area contributed by atoms with Crippen LogP contribution in [0.5, 0.6) is 0 Å². The molecule has 0 aliphatic rings. The third-order valence-electron chi connectivity index (χ3n) is 2.88. The summed E-state index contributed by atoms with van der Waals surface area (Å²) < 4.78 is 0. The number of carbonyl (C=O) groups excluding carboxylic acids is 1. The molecule has 0 aliphatic heterocycles. The zero-order chi connectivity index (χ0) is 14.5. The van der Waals surface area contributed by atoms with Crippen molar-refractivity contribution in [3.63, 3.8) is 0 Å². The molecule has 1 amide bonds. The molecule has 0 saturated heterocycles. The molecule has 0 saturated carbocycles. The van der Waals surface area contributed by atoms with Crippen molar-refractivity contribution < 1.29 is 4.79 Å². The lowest BCUT2D eigenvalue weighted by molar-refractivity contribution is -0.116. The van der Waals surface area contributed by atoms with E-state index in [1.165, 1.54) is 0 Å². The van der Waals surface area contributed by atoms with Gasteiger partial charge in [0.15, 0.2) is 5.15 Å². The molecule has 0 bridgehead atoms. The molecule has 1 unspecified atom stereocenters. The molecule has 1 aromatic carbocycles. The first-order valence-electron chi connectivity index (χ1n) is 6.29. The fraction of sp³-hybridized carbons (Fsp3) is 0.200. The second-order valence-electron chi connectivity index (χ2n) is 4.62. The second-order valence-corrected chi connectivity index (χ2v) is 4.98. The maximum absolute atomic E-state index is 12.0. The average molecular weight is 290 g/mol. The van der Waals surface area contributed by atoms with Gasteiger partial charge in [-0.15, -0.1) is 0 Å². The van der Waals surface area contributed by atoms with Crippen LogP contribution in [0.3, 0.4) is 0 Å². The van der Waals surface area contributed by atoms with E-state index in [2.05, 4.69) is 10.3 Å². The first-order chi connectivity index (χ1) is 9.56. The van der Waals surface area contributed by atoms with Gasteiger partial charge >= 0.3 is 0 Å². The Hall–Kier alpha value is -1.91. The number of halogens is 1. The molecule has 2 aromatic rings. The van der Waals surface area contributed by atoms with Crippen LogP contribution in [0, 0.1) is 6.92 Å². The van der Waals surface area contributed by atoms with Crippen LogP contribution in [0.25, 0.3) is 0 Å². The molecule has 0 spiro atoms. The van der Waals surface area contributed by atoms with Crippen LogP contribution in [-0.4, -0.2) is 10.9 Å². The molecule has 0 aliphatic carbocycles. The van der Waals surface area contributed by atoms with Gasteiger partial charge in [0.2, 0.25) is 5.91 Å². The zero-order valence-electron chi connectivity index (χ0n) is 11.1. The molecule has 0 radical (unpaired) electrons. The van der Waals surface area contributed by atoms with Gasteiger partial charge in [0.25, 0.3) is 0 Å². The highest BCUT2D eigenvalue weighted by Crippen LogP contribution is 2.21. The molecule has 104 valence electrons. The predicted molar refractivity (Wildman–Crippen MR) is 80.6 cm³/mol. The number of anilines is 1. The van der Waals surface area contributed by atoms with Crippen LogP contribution in [0.15, 0.2) is 42.6 Å². The van der Waals surface area contributed by atoms with Gasteiger partial charge in [-0.25, -0.2) is 4.98 Å². The highest BCUT2D eigenvalue weighted by molar-refractivity contribution is 6.32. The number of carbonyl (C=O) groups is 1. The SMILES string of the molecule is Cc1cnc(Cl)c(NC(=O)CC(N)c2ccccc2)c1. The predicted octanol–water partition coefficient (Wildman–Crippen LogP) is 3.07. The number of rotatable bonds is 4. The van der Waals surface area contributed by atoms with E-state index in [0.717, 1.165) is 11.1 Å². The van der Waals surface area contributed by atoms with Gasteiger partial charge in [0, 0.05) is 18.7 Å². The van der Waals surface area contributed by atoms with Crippen LogP contribution < -0.4 is 11.1 Å². The molecule has 3 N–H and O–H groups in total. The lowest BCUT2D eigenvalue weighted by Gasteiger charge is -2.12. The van der Waals surface area contributed by atoms with Crippen molar-refractivity contribution in [3.8, 4) is 0 Å². The molecule has 4 nitrogen and oxygen atoms in total. The average Bonchev–Trinajstić information content (AvgIpc) is 2.43. The summed E-state index contributed by atoms with van der Waals surface area (Å²) in [6.45, 7) is 1.88. The largest absolute Gasteiger partial charge is 0.324 e. The Labute approximate surface area is 123 Å². The summed E-state index contributed by atoms with van der Waals surface area (Å²) >= 11 is 5.94. The summed E-state index contributed by atoms with van der Waals surface area (Å²) in [5, 5.41) is 3.01. The topological polar surface area (TPSA) is 68.0 Å². The maximum atomic E-state index is 12.0. The summed E-state index contributed by atoms with van der Waals surface area (Å²) in [4.78, 5) is 16.0. The Bertz CT molecular complexity index is 601. The number of hydrogen-bond donors (Lipinski definition) is 2. The quantitative estimate of drug-likeness (QED) is 0.850. The minimum absolute atomic E-state index is 0.185. The minimum atomic E-state index is -0.340. The fourth-order valence-electron chi connectivity index (χ4n) is 1.86. The van der Waals surface area contributed by atoms with Gasteiger partial charge in [-0.05, 0) is 24.1 Å². The standard InChI is InChI=1S/C15H16ClN3O/c1-10-7-13(15(16)18-9-10)19-14(20)8-12(17)11-5-3-2-4-6-11/h2-7,9,12H,8,17H2,1H3,(H,19,20). The van der Waals surface area contributed by atoms with Crippen LogP contribution in [-0.2, 0) is 4.79 Å². The third kappa shape index (κ3) is 3.79. The molecular weight excluding hydrogens is 274 g/mol. The van der Waals surface area contributed by atoms with E-state index in [-0.39, 0.29) is 23.5 Å². The number of nitrogens with two attached hydrogens (primary N) is 1. The first-order valence-corrected chi connectivity index (χ1v) is 6.66. The number of nitrogens with zero attached hydrogens (tertiary/aromatic N) is 1. The van der Waals surface area contributed by atoms with E-state index >= 15 is 0 Å². The highest BCUT2D eigenvalue weighted by Gasteiger charge is 2.13. The van der Waals surface area contributed by atoms with Crippen molar-refractivity contribution in [2.75, 3.05) is 5.32 Å². The lowest BCUT2D eigenvalue weighted by Crippen LogP contribution is -2.20. The van der Waals surface area contributed by atoms with Gasteiger partial charge in [-0.2, -0.15) is 0 Å². The smallest absolute Gasteiger partial charge is 0.226 e. The van der Waals surface area contributed by atoms with Crippen molar-refractivity contribution in [2.24, 2.45) is 5.73 Å². The number of hydrogen-bond acceptors (Lipinski definition) is 3. The number of nitrogens with one attached hydrogen (secondary N) is 1. The summed E-state index contributed by atoms with van der Waals surface area (Å²) in [6.07, 6.45) is 1.84. The van der Waals surface area contributed by atoms with E-state index in [4.69, 9.17) is 17.3 Å². The number of aryl methyl sites for hydroxylation is 1. The van der Waals surface area contributed by atoms with Gasteiger partial charge in [0.1, 0.15) is 0 Å². The molecule has 1 aromatic heterocycles. The molecular formula is C15H16ClN3O. The molecule has 1 atom stereocenters. The van der Waals surface area contributed by atoms with E-state index in [1.807, 2.05) is 37.3 Å². The molecule has 1 heterocycles. The van der Waals surface area contributed by atoms with Crippen LogP contribution >= 0.6 is 11.6 Å². The van der Waals surface area contributed by atoms with Gasteiger partial charge < -0.3 is 11.1 Å². The van der Waals surface area contributed by atoms with Crippen molar-refractivity contribution >= 4 is 23.2 Å². The van der Waals surface area contributed by atoms with Crippen molar-refractivity contribution in [2.45, 2.75) is 19.4 Å². The monoisotopic (exact) mass is 289 g/mol. The van der Waals surface area contributed by atoms with E-state index in [9.17, 15) is 4.79 Å². The molecule has 5 heteroatoms.